The van der Waals surface area contributed by atoms with Crippen molar-refractivity contribution in [2.24, 2.45) is 0 Å². The van der Waals surface area contributed by atoms with Crippen LogP contribution in [-0.4, -0.2) is 34.7 Å². The van der Waals surface area contributed by atoms with Crippen LogP contribution in [0.5, 0.6) is 0 Å². The fraction of sp³-hybridized carbons (Fsp3) is 0.667. The average molecular weight is 214 g/mol. The van der Waals surface area contributed by atoms with Crippen molar-refractivity contribution in [3.63, 3.8) is 0 Å². The lowest BCUT2D eigenvalue weighted by molar-refractivity contribution is 0.276. The second-order valence-electron chi connectivity index (χ2n) is 3.23. The highest BCUT2D eigenvalue weighted by atomic mass is 32.2. The number of nitrogens with zero attached hydrogens (tertiary/aromatic N) is 2. The van der Waals surface area contributed by atoms with Gasteiger partial charge >= 0.3 is 0 Å². The molecule has 78 valence electrons. The van der Waals surface area contributed by atoms with E-state index in [1.54, 1.807) is 0 Å². The molecule has 5 heteroatoms. The number of aliphatic hydroxyl groups is 1. The number of aliphatic hydroxyl groups excluding tert-OH is 1. The zero-order valence-electron chi connectivity index (χ0n) is 7.98. The van der Waals surface area contributed by atoms with Crippen LogP contribution in [0.4, 0.5) is 6.01 Å². The summed E-state index contributed by atoms with van der Waals surface area (Å²) in [5.41, 5.74) is 0.608. The standard InChI is InChI=1S/C9H14N2O2S/c12-6-8-7-13-9(10-8)11-2-1-4-14-5-3-11/h7,12H,1-6H2. The van der Waals surface area contributed by atoms with E-state index in [2.05, 4.69) is 9.88 Å². The van der Waals surface area contributed by atoms with E-state index in [0.717, 1.165) is 18.8 Å². The van der Waals surface area contributed by atoms with E-state index < -0.39 is 0 Å². The monoisotopic (exact) mass is 214 g/mol. The summed E-state index contributed by atoms with van der Waals surface area (Å²) in [6.07, 6.45) is 2.69. The van der Waals surface area contributed by atoms with Crippen LogP contribution >= 0.6 is 11.8 Å². The number of hydrogen-bond donors (Lipinski definition) is 1. The summed E-state index contributed by atoms with van der Waals surface area (Å²) in [6.45, 7) is 1.93. The maximum Gasteiger partial charge on any atom is 0.297 e. The van der Waals surface area contributed by atoms with Gasteiger partial charge in [0.2, 0.25) is 0 Å². The molecule has 1 aromatic heterocycles. The van der Waals surface area contributed by atoms with Crippen molar-refractivity contribution >= 4 is 17.8 Å². The third-order valence-electron chi connectivity index (χ3n) is 2.19. The summed E-state index contributed by atoms with van der Waals surface area (Å²) in [7, 11) is 0. The Labute approximate surface area is 87.3 Å². The lowest BCUT2D eigenvalue weighted by Crippen LogP contribution is -2.25. The van der Waals surface area contributed by atoms with Crippen LogP contribution in [-0.2, 0) is 6.61 Å². The lowest BCUT2D eigenvalue weighted by Gasteiger charge is -2.16. The maximum absolute atomic E-state index is 8.86. The molecule has 1 aliphatic rings. The molecule has 0 radical (unpaired) electrons. The zero-order valence-corrected chi connectivity index (χ0v) is 8.79. The highest BCUT2D eigenvalue weighted by Gasteiger charge is 2.14. The highest BCUT2D eigenvalue weighted by molar-refractivity contribution is 7.99. The average Bonchev–Trinajstić information content (AvgIpc) is 2.53. The Bertz CT molecular complexity index is 282. The van der Waals surface area contributed by atoms with E-state index in [0.29, 0.717) is 11.7 Å². The third kappa shape index (κ3) is 2.22. The Morgan fingerprint density at radius 3 is 3.21 bits per heavy atom. The van der Waals surface area contributed by atoms with Gasteiger partial charge in [0.1, 0.15) is 12.0 Å². The molecule has 2 rings (SSSR count). The first kappa shape index (κ1) is 9.86. The first-order chi connectivity index (χ1) is 6.90. The minimum atomic E-state index is -0.0495. The predicted molar refractivity (Wildman–Crippen MR) is 56.6 cm³/mol. The second kappa shape index (κ2) is 4.70. The summed E-state index contributed by atoms with van der Waals surface area (Å²) >= 11 is 1.97. The molecule has 1 fully saturated rings. The van der Waals surface area contributed by atoms with Crippen molar-refractivity contribution in [1.29, 1.82) is 0 Å². The Kier molecular flexibility index (Phi) is 3.31. The molecule has 1 saturated heterocycles. The van der Waals surface area contributed by atoms with Crippen molar-refractivity contribution in [2.45, 2.75) is 13.0 Å². The van der Waals surface area contributed by atoms with Gasteiger partial charge in [0.05, 0.1) is 6.61 Å². The van der Waals surface area contributed by atoms with E-state index >= 15 is 0 Å². The molecule has 0 bridgehead atoms. The predicted octanol–water partition coefficient (Wildman–Crippen LogP) is 1.11. The Balaban J connectivity index is 2.04. The minimum Gasteiger partial charge on any atom is -0.432 e. The Hall–Kier alpha value is -0.680. The first-order valence-corrected chi connectivity index (χ1v) is 5.93. The maximum atomic E-state index is 8.86. The van der Waals surface area contributed by atoms with Crippen LogP contribution in [0.2, 0.25) is 0 Å². The van der Waals surface area contributed by atoms with E-state index in [9.17, 15) is 0 Å². The van der Waals surface area contributed by atoms with Gasteiger partial charge in [-0.05, 0) is 12.2 Å². The fourth-order valence-corrected chi connectivity index (χ4v) is 2.34. The Morgan fingerprint density at radius 2 is 2.43 bits per heavy atom. The van der Waals surface area contributed by atoms with Gasteiger partial charge in [-0.15, -0.1) is 0 Å². The summed E-state index contributed by atoms with van der Waals surface area (Å²) in [6, 6.07) is 0.650. The van der Waals surface area contributed by atoms with Gasteiger partial charge < -0.3 is 14.4 Å². The zero-order chi connectivity index (χ0) is 9.80. The van der Waals surface area contributed by atoms with E-state index in [-0.39, 0.29) is 6.61 Å². The second-order valence-corrected chi connectivity index (χ2v) is 4.46. The van der Waals surface area contributed by atoms with Gasteiger partial charge in [-0.1, -0.05) is 0 Å². The molecule has 14 heavy (non-hydrogen) atoms. The summed E-state index contributed by atoms with van der Waals surface area (Å²) in [4.78, 5) is 6.33. The van der Waals surface area contributed by atoms with Crippen LogP contribution < -0.4 is 4.90 Å². The van der Waals surface area contributed by atoms with Crippen molar-refractivity contribution < 1.29 is 9.52 Å². The molecule has 0 aromatic carbocycles. The summed E-state index contributed by atoms with van der Waals surface area (Å²) in [5, 5.41) is 8.86. The molecule has 0 aliphatic carbocycles. The van der Waals surface area contributed by atoms with E-state index in [1.807, 2.05) is 11.8 Å². The van der Waals surface area contributed by atoms with Crippen LogP contribution in [0.1, 0.15) is 12.1 Å². The van der Waals surface area contributed by atoms with Gasteiger partial charge in [-0.25, -0.2) is 0 Å². The van der Waals surface area contributed by atoms with Crippen molar-refractivity contribution in [1.82, 2.24) is 4.98 Å². The van der Waals surface area contributed by atoms with Crippen LogP contribution in [0, 0.1) is 0 Å². The number of aromatic nitrogens is 1. The quantitative estimate of drug-likeness (QED) is 0.799. The first-order valence-electron chi connectivity index (χ1n) is 4.78. The molecule has 0 spiro atoms. The van der Waals surface area contributed by atoms with Gasteiger partial charge in [0.15, 0.2) is 0 Å². The molecular formula is C9H14N2O2S. The molecule has 0 saturated carbocycles. The van der Waals surface area contributed by atoms with E-state index in [4.69, 9.17) is 9.52 Å². The molecule has 1 N–H and O–H groups in total. The van der Waals surface area contributed by atoms with Gasteiger partial charge in [0.25, 0.3) is 6.01 Å². The van der Waals surface area contributed by atoms with E-state index in [1.165, 1.54) is 18.4 Å². The van der Waals surface area contributed by atoms with Crippen LogP contribution in [0.25, 0.3) is 0 Å². The molecule has 1 aliphatic heterocycles. The summed E-state index contributed by atoms with van der Waals surface area (Å²) in [5.74, 6) is 2.33. The van der Waals surface area contributed by atoms with Gasteiger partial charge in [-0.3, -0.25) is 0 Å². The smallest absolute Gasteiger partial charge is 0.297 e. The van der Waals surface area contributed by atoms with Crippen molar-refractivity contribution in [2.75, 3.05) is 29.5 Å². The lowest BCUT2D eigenvalue weighted by atomic mass is 10.4. The SMILES string of the molecule is OCc1coc(N2CCCSCC2)n1. The molecule has 4 nitrogen and oxygen atoms in total. The largest absolute Gasteiger partial charge is 0.432 e. The molecule has 2 heterocycles. The normalized spacial score (nSPS) is 18.2. The number of thioether (sulfide) groups is 1. The number of anilines is 1. The molecule has 1 aromatic rings. The van der Waals surface area contributed by atoms with Crippen LogP contribution in [0.3, 0.4) is 0 Å². The van der Waals surface area contributed by atoms with Gasteiger partial charge in [0, 0.05) is 18.8 Å². The van der Waals surface area contributed by atoms with Crippen molar-refractivity contribution in [3.05, 3.63) is 12.0 Å². The number of hydrogen-bond acceptors (Lipinski definition) is 5. The Morgan fingerprint density at radius 1 is 1.50 bits per heavy atom. The highest BCUT2D eigenvalue weighted by Crippen LogP contribution is 2.18. The molecular weight excluding hydrogens is 200 g/mol. The number of oxazole rings is 1. The topological polar surface area (TPSA) is 49.5 Å². The van der Waals surface area contributed by atoms with Crippen LogP contribution in [0.15, 0.2) is 10.7 Å². The molecule has 0 amide bonds. The fourth-order valence-electron chi connectivity index (χ4n) is 1.45. The summed E-state index contributed by atoms with van der Waals surface area (Å²) < 4.78 is 5.30. The number of rotatable bonds is 2. The molecule has 0 unspecified atom stereocenters. The third-order valence-corrected chi connectivity index (χ3v) is 3.24. The minimum absolute atomic E-state index is 0.0495. The van der Waals surface area contributed by atoms with Gasteiger partial charge in [-0.2, -0.15) is 16.7 Å². The van der Waals surface area contributed by atoms with Crippen molar-refractivity contribution in [3.8, 4) is 0 Å². The molecule has 0 atom stereocenters.